The summed E-state index contributed by atoms with van der Waals surface area (Å²) in [4.78, 5) is 12.0. The lowest BCUT2D eigenvalue weighted by molar-refractivity contribution is -0.122. The zero-order valence-corrected chi connectivity index (χ0v) is 12.1. The zero-order valence-electron chi connectivity index (χ0n) is 12.1. The first-order valence-electron chi connectivity index (χ1n) is 6.89. The molecule has 3 N–H and O–H groups in total. The molecule has 2 aromatic carbocycles. The van der Waals surface area contributed by atoms with Crippen LogP contribution in [0.25, 0.3) is 0 Å². The van der Waals surface area contributed by atoms with Gasteiger partial charge in [0.25, 0.3) is 0 Å². The summed E-state index contributed by atoms with van der Waals surface area (Å²) in [6.45, 7) is 0.496. The van der Waals surface area contributed by atoms with Crippen LogP contribution in [0, 0.1) is 0 Å². The Morgan fingerprint density at radius 1 is 1.10 bits per heavy atom. The van der Waals surface area contributed by atoms with Gasteiger partial charge in [0.2, 0.25) is 5.91 Å². The van der Waals surface area contributed by atoms with Crippen LogP contribution < -0.4 is 15.8 Å². The minimum Gasteiger partial charge on any atom is -0.497 e. The maximum absolute atomic E-state index is 12.0. The lowest BCUT2D eigenvalue weighted by Crippen LogP contribution is -2.41. The maximum Gasteiger partial charge on any atom is 0.237 e. The van der Waals surface area contributed by atoms with Gasteiger partial charge in [0.15, 0.2) is 0 Å². The van der Waals surface area contributed by atoms with Gasteiger partial charge in [-0.3, -0.25) is 4.79 Å². The van der Waals surface area contributed by atoms with Crippen LogP contribution in [0.1, 0.15) is 11.1 Å². The number of hydrogen-bond acceptors (Lipinski definition) is 3. The van der Waals surface area contributed by atoms with E-state index in [4.69, 9.17) is 10.5 Å². The lowest BCUT2D eigenvalue weighted by atomic mass is 10.1. The second kappa shape index (κ2) is 7.45. The predicted octanol–water partition coefficient (Wildman–Crippen LogP) is 1.88. The van der Waals surface area contributed by atoms with Gasteiger partial charge in [-0.15, -0.1) is 0 Å². The number of carbonyl (C=O) groups is 1. The Balaban J connectivity index is 1.84. The van der Waals surface area contributed by atoms with Crippen molar-refractivity contribution in [3.8, 4) is 5.75 Å². The van der Waals surface area contributed by atoms with Crippen molar-refractivity contribution in [2.24, 2.45) is 5.73 Å². The summed E-state index contributed by atoms with van der Waals surface area (Å²) >= 11 is 0. The fourth-order valence-electron chi connectivity index (χ4n) is 2.02. The standard InChI is InChI=1S/C17H20N2O2/c1-21-15-9-7-13(8-10-15)11-16(18)17(20)19-12-14-5-3-2-4-6-14/h2-10,16H,11-12,18H2,1H3,(H,19,20). The molecule has 0 heterocycles. The number of nitrogens with one attached hydrogen (secondary N) is 1. The third-order valence-corrected chi connectivity index (χ3v) is 3.26. The summed E-state index contributed by atoms with van der Waals surface area (Å²) in [5.41, 5.74) is 8.01. The smallest absolute Gasteiger partial charge is 0.237 e. The molecule has 21 heavy (non-hydrogen) atoms. The van der Waals surface area contributed by atoms with E-state index in [2.05, 4.69) is 5.32 Å². The Hall–Kier alpha value is -2.33. The molecule has 0 saturated heterocycles. The molecule has 0 bridgehead atoms. The number of carbonyl (C=O) groups excluding carboxylic acids is 1. The third kappa shape index (κ3) is 4.61. The molecule has 0 saturated carbocycles. The first-order chi connectivity index (χ1) is 10.2. The lowest BCUT2D eigenvalue weighted by Gasteiger charge is -2.12. The number of ether oxygens (including phenoxy) is 1. The van der Waals surface area contributed by atoms with Gasteiger partial charge in [-0.05, 0) is 29.7 Å². The highest BCUT2D eigenvalue weighted by atomic mass is 16.5. The second-order valence-corrected chi connectivity index (χ2v) is 4.86. The van der Waals surface area contributed by atoms with Gasteiger partial charge in [-0.25, -0.2) is 0 Å². The summed E-state index contributed by atoms with van der Waals surface area (Å²) in [7, 11) is 1.62. The molecule has 2 rings (SSSR count). The minimum atomic E-state index is -0.554. The molecule has 0 aliphatic rings. The summed E-state index contributed by atoms with van der Waals surface area (Å²) in [6.07, 6.45) is 0.505. The molecule has 0 aromatic heterocycles. The first kappa shape index (κ1) is 15.1. The van der Waals surface area contributed by atoms with Gasteiger partial charge in [-0.1, -0.05) is 42.5 Å². The van der Waals surface area contributed by atoms with Crippen LogP contribution in [0.3, 0.4) is 0 Å². The van der Waals surface area contributed by atoms with Crippen LogP contribution in [0.15, 0.2) is 54.6 Å². The normalized spacial score (nSPS) is 11.7. The predicted molar refractivity (Wildman–Crippen MR) is 83.0 cm³/mol. The van der Waals surface area contributed by atoms with Crippen LogP contribution in [0.5, 0.6) is 5.75 Å². The van der Waals surface area contributed by atoms with Crippen molar-refractivity contribution in [3.05, 3.63) is 65.7 Å². The van der Waals surface area contributed by atoms with E-state index in [0.29, 0.717) is 13.0 Å². The van der Waals surface area contributed by atoms with Crippen molar-refractivity contribution in [1.29, 1.82) is 0 Å². The monoisotopic (exact) mass is 284 g/mol. The van der Waals surface area contributed by atoms with Crippen molar-refractivity contribution in [1.82, 2.24) is 5.32 Å². The Kier molecular flexibility index (Phi) is 5.35. The molecule has 0 fully saturated rings. The average molecular weight is 284 g/mol. The van der Waals surface area contributed by atoms with Gasteiger partial charge < -0.3 is 15.8 Å². The number of methoxy groups -OCH3 is 1. The Morgan fingerprint density at radius 3 is 2.38 bits per heavy atom. The minimum absolute atomic E-state index is 0.144. The summed E-state index contributed by atoms with van der Waals surface area (Å²) < 4.78 is 5.10. The molecular formula is C17H20N2O2. The van der Waals surface area contributed by atoms with Crippen molar-refractivity contribution in [2.75, 3.05) is 7.11 Å². The molecule has 0 aliphatic heterocycles. The highest BCUT2D eigenvalue weighted by Gasteiger charge is 2.13. The van der Waals surface area contributed by atoms with E-state index < -0.39 is 6.04 Å². The fourth-order valence-corrected chi connectivity index (χ4v) is 2.02. The second-order valence-electron chi connectivity index (χ2n) is 4.86. The van der Waals surface area contributed by atoms with E-state index >= 15 is 0 Å². The van der Waals surface area contributed by atoms with E-state index in [9.17, 15) is 4.79 Å². The number of hydrogen-bond donors (Lipinski definition) is 2. The van der Waals surface area contributed by atoms with E-state index in [1.54, 1.807) is 7.11 Å². The summed E-state index contributed by atoms with van der Waals surface area (Å²) in [5, 5.41) is 2.85. The van der Waals surface area contributed by atoms with E-state index in [1.807, 2.05) is 54.6 Å². The molecule has 4 heteroatoms. The SMILES string of the molecule is COc1ccc(CC(N)C(=O)NCc2ccccc2)cc1. The average Bonchev–Trinajstić information content (AvgIpc) is 2.54. The molecular weight excluding hydrogens is 264 g/mol. The summed E-state index contributed by atoms with van der Waals surface area (Å²) in [6, 6.07) is 16.8. The fraction of sp³-hybridized carbons (Fsp3) is 0.235. The van der Waals surface area contributed by atoms with E-state index in [-0.39, 0.29) is 5.91 Å². The van der Waals surface area contributed by atoms with Crippen molar-refractivity contribution < 1.29 is 9.53 Å². The highest BCUT2D eigenvalue weighted by Crippen LogP contribution is 2.12. The highest BCUT2D eigenvalue weighted by molar-refractivity contribution is 5.81. The van der Waals surface area contributed by atoms with Crippen LogP contribution in [0.2, 0.25) is 0 Å². The van der Waals surface area contributed by atoms with Crippen LogP contribution >= 0.6 is 0 Å². The van der Waals surface area contributed by atoms with Gasteiger partial charge in [0.1, 0.15) is 5.75 Å². The molecule has 110 valence electrons. The number of benzene rings is 2. The molecule has 2 aromatic rings. The molecule has 0 aliphatic carbocycles. The van der Waals surface area contributed by atoms with Crippen molar-refractivity contribution >= 4 is 5.91 Å². The number of rotatable bonds is 6. The molecule has 1 amide bonds. The number of nitrogens with two attached hydrogens (primary N) is 1. The Bertz CT molecular complexity index is 567. The largest absolute Gasteiger partial charge is 0.497 e. The van der Waals surface area contributed by atoms with E-state index in [0.717, 1.165) is 16.9 Å². The first-order valence-corrected chi connectivity index (χ1v) is 6.89. The Labute approximate surface area is 124 Å². The van der Waals surface area contributed by atoms with Gasteiger partial charge in [0.05, 0.1) is 13.2 Å². The topological polar surface area (TPSA) is 64.3 Å². The number of amides is 1. The quantitative estimate of drug-likeness (QED) is 0.851. The van der Waals surface area contributed by atoms with Crippen LogP contribution in [0.4, 0.5) is 0 Å². The van der Waals surface area contributed by atoms with Crippen molar-refractivity contribution in [3.63, 3.8) is 0 Å². The maximum atomic E-state index is 12.0. The van der Waals surface area contributed by atoms with Gasteiger partial charge in [0, 0.05) is 6.54 Å². The van der Waals surface area contributed by atoms with E-state index in [1.165, 1.54) is 0 Å². The van der Waals surface area contributed by atoms with Gasteiger partial charge in [-0.2, -0.15) is 0 Å². The molecule has 0 spiro atoms. The Morgan fingerprint density at radius 2 is 1.76 bits per heavy atom. The molecule has 0 radical (unpaired) electrons. The van der Waals surface area contributed by atoms with Crippen LogP contribution in [-0.4, -0.2) is 19.1 Å². The molecule has 1 unspecified atom stereocenters. The third-order valence-electron chi connectivity index (χ3n) is 3.26. The molecule has 4 nitrogen and oxygen atoms in total. The zero-order chi connectivity index (χ0) is 15.1. The van der Waals surface area contributed by atoms with Crippen molar-refractivity contribution in [2.45, 2.75) is 19.0 Å². The molecule has 1 atom stereocenters. The van der Waals surface area contributed by atoms with Gasteiger partial charge >= 0.3 is 0 Å². The summed E-state index contributed by atoms with van der Waals surface area (Å²) in [5.74, 6) is 0.649. The van der Waals surface area contributed by atoms with Crippen LogP contribution in [-0.2, 0) is 17.8 Å².